The predicted molar refractivity (Wildman–Crippen MR) is 69.5 cm³/mol. The van der Waals surface area contributed by atoms with Crippen molar-refractivity contribution in [2.75, 3.05) is 18.5 Å². The minimum Gasteiger partial charge on any atom is -0.360 e. The number of pyridine rings is 1. The van der Waals surface area contributed by atoms with Gasteiger partial charge in [0.05, 0.1) is 0 Å². The van der Waals surface area contributed by atoms with Gasteiger partial charge in [0.15, 0.2) is 0 Å². The molecule has 2 N–H and O–H groups in total. The minimum atomic E-state index is 0.0586. The number of allylic oxidation sites excluding steroid dienone is 1. The smallest absolute Gasteiger partial charge is 0.128 e. The van der Waals surface area contributed by atoms with E-state index in [-0.39, 0.29) is 6.04 Å². The second-order valence-corrected chi connectivity index (χ2v) is 4.09. The van der Waals surface area contributed by atoms with Crippen molar-refractivity contribution < 1.29 is 0 Å². The Bertz CT molecular complexity index is 334. The van der Waals surface area contributed by atoms with E-state index in [1.54, 1.807) is 0 Å². The molecule has 1 rings (SSSR count). The number of rotatable bonds is 6. The van der Waals surface area contributed by atoms with Crippen molar-refractivity contribution in [2.24, 2.45) is 5.73 Å². The molecular formula is C13H21N3. The summed E-state index contributed by atoms with van der Waals surface area (Å²) < 4.78 is 0. The second-order valence-electron chi connectivity index (χ2n) is 4.09. The molecule has 3 nitrogen and oxygen atoms in total. The summed E-state index contributed by atoms with van der Waals surface area (Å²) in [6, 6.07) is 4.08. The van der Waals surface area contributed by atoms with Gasteiger partial charge < -0.3 is 10.6 Å². The molecule has 0 radical (unpaired) electrons. The number of nitrogens with zero attached hydrogens (tertiary/aromatic N) is 2. The number of aromatic nitrogens is 1. The van der Waals surface area contributed by atoms with Crippen LogP contribution in [0.25, 0.3) is 0 Å². The minimum absolute atomic E-state index is 0.0586. The summed E-state index contributed by atoms with van der Waals surface area (Å²) in [6.45, 7) is 6.69. The topological polar surface area (TPSA) is 42.1 Å². The van der Waals surface area contributed by atoms with Crippen LogP contribution in [-0.2, 0) is 0 Å². The average molecular weight is 219 g/mol. The molecule has 1 aromatic rings. The lowest BCUT2D eigenvalue weighted by Gasteiger charge is -2.19. The number of anilines is 1. The molecule has 0 aliphatic rings. The maximum absolute atomic E-state index is 5.84. The molecule has 1 aromatic heterocycles. The Hall–Kier alpha value is -1.35. The van der Waals surface area contributed by atoms with Crippen LogP contribution in [0.3, 0.4) is 0 Å². The van der Waals surface area contributed by atoms with Gasteiger partial charge in [0.1, 0.15) is 5.82 Å². The van der Waals surface area contributed by atoms with E-state index in [0.29, 0.717) is 0 Å². The van der Waals surface area contributed by atoms with E-state index in [1.165, 1.54) is 0 Å². The van der Waals surface area contributed by atoms with Crippen molar-refractivity contribution in [3.63, 3.8) is 0 Å². The fourth-order valence-electron chi connectivity index (χ4n) is 1.51. The van der Waals surface area contributed by atoms with Crippen molar-refractivity contribution in [3.8, 4) is 0 Å². The first-order chi connectivity index (χ1) is 7.65. The van der Waals surface area contributed by atoms with Gasteiger partial charge in [-0.1, -0.05) is 6.08 Å². The lowest BCUT2D eigenvalue weighted by Crippen LogP contribution is -2.20. The molecule has 0 bridgehead atoms. The third-order valence-corrected chi connectivity index (χ3v) is 2.59. The van der Waals surface area contributed by atoms with Gasteiger partial charge in [-0.3, -0.25) is 0 Å². The number of unbranched alkanes of at least 4 members (excludes halogenated alkanes) is 1. The van der Waals surface area contributed by atoms with E-state index in [1.807, 2.05) is 25.3 Å². The van der Waals surface area contributed by atoms with Crippen molar-refractivity contribution in [1.82, 2.24) is 4.98 Å². The van der Waals surface area contributed by atoms with Crippen molar-refractivity contribution >= 4 is 5.82 Å². The maximum atomic E-state index is 5.84. The summed E-state index contributed by atoms with van der Waals surface area (Å²) in [7, 11) is 2.05. The van der Waals surface area contributed by atoms with Crippen LogP contribution in [0.2, 0.25) is 0 Å². The third kappa shape index (κ3) is 3.66. The second kappa shape index (κ2) is 6.28. The zero-order valence-electron chi connectivity index (χ0n) is 10.2. The number of hydrogen-bond donors (Lipinski definition) is 1. The number of nitrogens with two attached hydrogens (primary N) is 1. The summed E-state index contributed by atoms with van der Waals surface area (Å²) in [5, 5.41) is 0. The van der Waals surface area contributed by atoms with Gasteiger partial charge in [0.25, 0.3) is 0 Å². The van der Waals surface area contributed by atoms with Crippen LogP contribution in [0.1, 0.15) is 31.4 Å². The standard InChI is InChI=1S/C13H21N3/c1-4-5-6-9-16(3)13-10-12(11(2)14)7-8-15-13/h4,7-8,10-11H,1,5-6,9,14H2,2-3H3/t11-/m1/s1. The molecule has 1 atom stereocenters. The van der Waals surface area contributed by atoms with Gasteiger partial charge >= 0.3 is 0 Å². The molecule has 0 saturated heterocycles. The SMILES string of the molecule is C=CCCCN(C)c1cc([C@@H](C)N)ccn1. The first-order valence-electron chi connectivity index (χ1n) is 5.68. The van der Waals surface area contributed by atoms with Crippen molar-refractivity contribution in [1.29, 1.82) is 0 Å². The summed E-state index contributed by atoms with van der Waals surface area (Å²) >= 11 is 0. The third-order valence-electron chi connectivity index (χ3n) is 2.59. The van der Waals surface area contributed by atoms with Crippen LogP contribution in [0.4, 0.5) is 5.82 Å². The Labute approximate surface area is 98.0 Å². The van der Waals surface area contributed by atoms with Crippen LogP contribution < -0.4 is 10.6 Å². The van der Waals surface area contributed by atoms with Gasteiger partial charge in [0.2, 0.25) is 0 Å². The molecule has 0 saturated carbocycles. The fraction of sp³-hybridized carbons (Fsp3) is 0.462. The van der Waals surface area contributed by atoms with E-state index in [2.05, 4.69) is 29.6 Å². The van der Waals surface area contributed by atoms with Gasteiger partial charge in [-0.2, -0.15) is 0 Å². The molecule has 3 heteroatoms. The predicted octanol–water partition coefficient (Wildman–Crippen LogP) is 2.50. The van der Waals surface area contributed by atoms with Crippen LogP contribution in [-0.4, -0.2) is 18.6 Å². The molecule has 0 aliphatic carbocycles. The van der Waals surface area contributed by atoms with Gasteiger partial charge in [-0.25, -0.2) is 4.98 Å². The fourth-order valence-corrected chi connectivity index (χ4v) is 1.51. The highest BCUT2D eigenvalue weighted by molar-refractivity contribution is 5.40. The highest BCUT2D eigenvalue weighted by Crippen LogP contribution is 2.15. The maximum Gasteiger partial charge on any atom is 0.128 e. The zero-order chi connectivity index (χ0) is 12.0. The molecule has 0 fully saturated rings. The molecule has 0 aliphatic heterocycles. The van der Waals surface area contributed by atoms with Crippen LogP contribution in [0, 0.1) is 0 Å². The molecule has 0 unspecified atom stereocenters. The Morgan fingerprint density at radius 1 is 1.62 bits per heavy atom. The van der Waals surface area contributed by atoms with Crippen molar-refractivity contribution in [2.45, 2.75) is 25.8 Å². The first kappa shape index (κ1) is 12.7. The number of hydrogen-bond acceptors (Lipinski definition) is 3. The van der Waals surface area contributed by atoms with Gasteiger partial charge in [-0.05, 0) is 37.5 Å². The van der Waals surface area contributed by atoms with Gasteiger partial charge in [-0.15, -0.1) is 6.58 Å². The zero-order valence-corrected chi connectivity index (χ0v) is 10.2. The van der Waals surface area contributed by atoms with E-state index in [0.717, 1.165) is 30.8 Å². The first-order valence-corrected chi connectivity index (χ1v) is 5.68. The van der Waals surface area contributed by atoms with E-state index < -0.39 is 0 Å². The molecule has 0 spiro atoms. The molecule has 16 heavy (non-hydrogen) atoms. The Morgan fingerprint density at radius 3 is 3.00 bits per heavy atom. The van der Waals surface area contributed by atoms with Crippen LogP contribution >= 0.6 is 0 Å². The average Bonchev–Trinajstić information content (AvgIpc) is 2.29. The Balaban J connectivity index is 2.64. The van der Waals surface area contributed by atoms with Crippen molar-refractivity contribution in [3.05, 3.63) is 36.5 Å². The molecule has 0 aromatic carbocycles. The van der Waals surface area contributed by atoms with E-state index in [4.69, 9.17) is 5.73 Å². The van der Waals surface area contributed by atoms with E-state index in [9.17, 15) is 0 Å². The molecular weight excluding hydrogens is 198 g/mol. The summed E-state index contributed by atoms with van der Waals surface area (Å²) in [4.78, 5) is 6.49. The Morgan fingerprint density at radius 2 is 2.38 bits per heavy atom. The lowest BCUT2D eigenvalue weighted by molar-refractivity contribution is 0.782. The van der Waals surface area contributed by atoms with Crippen LogP contribution in [0.5, 0.6) is 0 Å². The molecule has 0 amide bonds. The normalized spacial score (nSPS) is 12.2. The quantitative estimate of drug-likeness (QED) is 0.590. The Kier molecular flexibility index (Phi) is 4.99. The van der Waals surface area contributed by atoms with E-state index >= 15 is 0 Å². The molecule has 88 valence electrons. The molecule has 1 heterocycles. The highest BCUT2D eigenvalue weighted by atomic mass is 15.2. The highest BCUT2D eigenvalue weighted by Gasteiger charge is 2.05. The lowest BCUT2D eigenvalue weighted by atomic mass is 10.1. The monoisotopic (exact) mass is 219 g/mol. The van der Waals surface area contributed by atoms with Gasteiger partial charge in [0, 0.05) is 25.8 Å². The van der Waals surface area contributed by atoms with Crippen LogP contribution in [0.15, 0.2) is 31.0 Å². The summed E-state index contributed by atoms with van der Waals surface area (Å²) in [6.07, 6.45) is 5.90. The summed E-state index contributed by atoms with van der Waals surface area (Å²) in [5.41, 5.74) is 6.97. The summed E-state index contributed by atoms with van der Waals surface area (Å²) in [5.74, 6) is 0.985. The largest absolute Gasteiger partial charge is 0.360 e.